The molecule has 0 spiro atoms. The van der Waals surface area contributed by atoms with Crippen LogP contribution in [0, 0.1) is 0 Å². The minimum absolute atomic E-state index is 0.145. The third kappa shape index (κ3) is 4.18. The Morgan fingerprint density at radius 1 is 1.38 bits per heavy atom. The maximum atomic E-state index is 12.1. The van der Waals surface area contributed by atoms with Crippen LogP contribution in [0.3, 0.4) is 0 Å². The van der Waals surface area contributed by atoms with Crippen LogP contribution in [-0.2, 0) is 4.79 Å². The van der Waals surface area contributed by atoms with E-state index in [1.807, 2.05) is 25.3 Å². The standard InChI is InChI=1S/C13H16ClN5OS/c1-8(2)19-7-16-18-13(19)21-9(3)12(20)17-11-5-4-10(14)6-15-11/h4-9H,1-3H3,(H,15,17,20). The summed E-state index contributed by atoms with van der Waals surface area (Å²) < 4.78 is 1.93. The highest BCUT2D eigenvalue weighted by atomic mass is 35.5. The van der Waals surface area contributed by atoms with E-state index in [1.165, 1.54) is 18.0 Å². The van der Waals surface area contributed by atoms with Crippen molar-refractivity contribution in [2.75, 3.05) is 5.32 Å². The van der Waals surface area contributed by atoms with Crippen LogP contribution in [0.15, 0.2) is 29.8 Å². The summed E-state index contributed by atoms with van der Waals surface area (Å²) in [5.41, 5.74) is 0. The van der Waals surface area contributed by atoms with Gasteiger partial charge < -0.3 is 9.88 Å². The smallest absolute Gasteiger partial charge is 0.238 e. The van der Waals surface area contributed by atoms with Crippen molar-refractivity contribution < 1.29 is 4.79 Å². The van der Waals surface area contributed by atoms with Gasteiger partial charge in [-0.25, -0.2) is 4.98 Å². The zero-order valence-corrected chi connectivity index (χ0v) is 13.5. The summed E-state index contributed by atoms with van der Waals surface area (Å²) in [4.78, 5) is 16.2. The molecule has 0 aliphatic rings. The van der Waals surface area contributed by atoms with Gasteiger partial charge in [0.1, 0.15) is 12.1 Å². The Labute approximate surface area is 132 Å². The number of aromatic nitrogens is 4. The minimum atomic E-state index is -0.316. The molecule has 1 amide bonds. The molecule has 1 unspecified atom stereocenters. The van der Waals surface area contributed by atoms with Crippen LogP contribution < -0.4 is 5.32 Å². The van der Waals surface area contributed by atoms with Crippen molar-refractivity contribution in [1.29, 1.82) is 0 Å². The van der Waals surface area contributed by atoms with E-state index in [0.29, 0.717) is 10.8 Å². The fourth-order valence-electron chi connectivity index (χ4n) is 1.56. The third-order valence-corrected chi connectivity index (χ3v) is 4.02. The second-order valence-corrected chi connectivity index (χ2v) is 6.47. The highest BCUT2D eigenvalue weighted by Crippen LogP contribution is 2.24. The first-order chi connectivity index (χ1) is 9.97. The molecule has 112 valence electrons. The Bertz CT molecular complexity index is 613. The Balaban J connectivity index is 1.99. The van der Waals surface area contributed by atoms with Crippen molar-refractivity contribution in [3.8, 4) is 0 Å². The van der Waals surface area contributed by atoms with E-state index >= 15 is 0 Å². The van der Waals surface area contributed by atoms with E-state index < -0.39 is 0 Å². The summed E-state index contributed by atoms with van der Waals surface area (Å²) in [6.07, 6.45) is 3.16. The SMILES string of the molecule is CC(Sc1nncn1C(C)C)C(=O)Nc1ccc(Cl)cn1. The van der Waals surface area contributed by atoms with Gasteiger partial charge in [0.05, 0.1) is 10.3 Å². The van der Waals surface area contributed by atoms with Crippen molar-refractivity contribution in [2.24, 2.45) is 0 Å². The van der Waals surface area contributed by atoms with Gasteiger partial charge in [-0.05, 0) is 32.9 Å². The summed E-state index contributed by atoms with van der Waals surface area (Å²) in [5.74, 6) is 0.329. The predicted octanol–water partition coefficient (Wildman–Crippen LogP) is 3.03. The summed E-state index contributed by atoms with van der Waals surface area (Å²) in [6, 6.07) is 3.58. The first-order valence-corrected chi connectivity index (χ1v) is 7.71. The number of hydrogen-bond acceptors (Lipinski definition) is 5. The molecule has 1 atom stereocenters. The predicted molar refractivity (Wildman–Crippen MR) is 83.6 cm³/mol. The zero-order valence-electron chi connectivity index (χ0n) is 11.9. The van der Waals surface area contributed by atoms with Gasteiger partial charge in [-0.3, -0.25) is 4.79 Å². The molecule has 0 bridgehead atoms. The van der Waals surface area contributed by atoms with E-state index in [4.69, 9.17) is 11.6 Å². The summed E-state index contributed by atoms with van der Waals surface area (Å²) >= 11 is 7.11. The first-order valence-electron chi connectivity index (χ1n) is 6.46. The molecule has 1 N–H and O–H groups in total. The number of carbonyl (C=O) groups is 1. The number of rotatable bonds is 5. The van der Waals surface area contributed by atoms with Gasteiger partial charge in [0, 0.05) is 12.2 Å². The molecular formula is C13H16ClN5OS. The first kappa shape index (κ1) is 15.8. The number of nitrogens with zero attached hydrogens (tertiary/aromatic N) is 4. The number of anilines is 1. The number of pyridine rings is 1. The average molecular weight is 326 g/mol. The lowest BCUT2D eigenvalue weighted by Crippen LogP contribution is -2.23. The summed E-state index contributed by atoms with van der Waals surface area (Å²) in [7, 11) is 0. The second-order valence-electron chi connectivity index (χ2n) is 4.73. The van der Waals surface area contributed by atoms with Crippen LogP contribution in [0.5, 0.6) is 0 Å². The van der Waals surface area contributed by atoms with Gasteiger partial charge >= 0.3 is 0 Å². The number of halogens is 1. The lowest BCUT2D eigenvalue weighted by Gasteiger charge is -2.13. The van der Waals surface area contributed by atoms with E-state index in [9.17, 15) is 4.79 Å². The van der Waals surface area contributed by atoms with Crippen LogP contribution in [0.1, 0.15) is 26.8 Å². The van der Waals surface area contributed by atoms with Crippen LogP contribution in [-0.4, -0.2) is 30.9 Å². The number of amides is 1. The van der Waals surface area contributed by atoms with Crippen molar-refractivity contribution in [1.82, 2.24) is 19.7 Å². The molecule has 0 saturated heterocycles. The number of hydrogen-bond donors (Lipinski definition) is 1. The lowest BCUT2D eigenvalue weighted by atomic mass is 10.4. The second kappa shape index (κ2) is 6.91. The Morgan fingerprint density at radius 2 is 2.14 bits per heavy atom. The van der Waals surface area contributed by atoms with Gasteiger partial charge in [0.15, 0.2) is 5.16 Å². The van der Waals surface area contributed by atoms with Gasteiger partial charge in [-0.2, -0.15) is 0 Å². The zero-order chi connectivity index (χ0) is 15.4. The molecule has 0 fully saturated rings. The molecule has 8 heteroatoms. The van der Waals surface area contributed by atoms with E-state index in [1.54, 1.807) is 18.5 Å². The molecule has 2 heterocycles. The molecular weight excluding hydrogens is 310 g/mol. The molecule has 6 nitrogen and oxygen atoms in total. The molecule has 0 saturated carbocycles. The van der Waals surface area contributed by atoms with Crippen LogP contribution in [0.4, 0.5) is 5.82 Å². The average Bonchev–Trinajstić information content (AvgIpc) is 2.89. The molecule has 21 heavy (non-hydrogen) atoms. The van der Waals surface area contributed by atoms with Crippen molar-refractivity contribution in [3.05, 3.63) is 29.7 Å². The van der Waals surface area contributed by atoms with Gasteiger partial charge in [-0.1, -0.05) is 23.4 Å². The van der Waals surface area contributed by atoms with Gasteiger partial charge in [0.25, 0.3) is 0 Å². The van der Waals surface area contributed by atoms with E-state index in [-0.39, 0.29) is 17.2 Å². The fourth-order valence-corrected chi connectivity index (χ4v) is 2.63. The van der Waals surface area contributed by atoms with E-state index in [2.05, 4.69) is 20.5 Å². The topological polar surface area (TPSA) is 72.7 Å². The summed E-state index contributed by atoms with van der Waals surface area (Å²) in [6.45, 7) is 5.89. The molecule has 2 rings (SSSR count). The maximum absolute atomic E-state index is 12.1. The lowest BCUT2D eigenvalue weighted by molar-refractivity contribution is -0.115. The Kier molecular flexibility index (Phi) is 5.19. The normalized spacial score (nSPS) is 12.4. The minimum Gasteiger partial charge on any atom is -0.310 e. The van der Waals surface area contributed by atoms with Crippen LogP contribution in [0.25, 0.3) is 0 Å². The largest absolute Gasteiger partial charge is 0.310 e. The molecule has 0 radical (unpaired) electrons. The quantitative estimate of drug-likeness (QED) is 0.855. The monoisotopic (exact) mass is 325 g/mol. The molecule has 0 aromatic carbocycles. The fraction of sp³-hybridized carbons (Fsp3) is 0.385. The van der Waals surface area contributed by atoms with Crippen molar-refractivity contribution in [2.45, 2.75) is 37.2 Å². The van der Waals surface area contributed by atoms with Gasteiger partial charge in [-0.15, -0.1) is 10.2 Å². The molecule has 2 aromatic heterocycles. The number of nitrogens with one attached hydrogen (secondary N) is 1. The van der Waals surface area contributed by atoms with Gasteiger partial charge in [0.2, 0.25) is 5.91 Å². The van der Waals surface area contributed by atoms with Crippen molar-refractivity contribution >= 4 is 35.1 Å². The number of carbonyl (C=O) groups excluding carboxylic acids is 1. The highest BCUT2D eigenvalue weighted by Gasteiger charge is 2.19. The van der Waals surface area contributed by atoms with Crippen LogP contribution in [0.2, 0.25) is 5.02 Å². The van der Waals surface area contributed by atoms with Crippen molar-refractivity contribution in [3.63, 3.8) is 0 Å². The van der Waals surface area contributed by atoms with E-state index in [0.717, 1.165) is 5.16 Å². The maximum Gasteiger partial charge on any atom is 0.238 e. The molecule has 2 aromatic rings. The molecule has 0 aliphatic carbocycles. The molecule has 0 aliphatic heterocycles. The third-order valence-electron chi connectivity index (χ3n) is 2.73. The number of thioether (sulfide) groups is 1. The highest BCUT2D eigenvalue weighted by molar-refractivity contribution is 8.00. The Hall–Kier alpha value is -1.60. The Morgan fingerprint density at radius 3 is 2.76 bits per heavy atom. The van der Waals surface area contributed by atoms with Crippen LogP contribution >= 0.6 is 23.4 Å². The summed E-state index contributed by atoms with van der Waals surface area (Å²) in [5, 5.41) is 11.6.